The average Bonchev–Trinajstić information content (AvgIpc) is 3.40. The minimum atomic E-state index is -0.755. The third-order valence-corrected chi connectivity index (χ3v) is 6.97. The fourth-order valence-corrected chi connectivity index (χ4v) is 4.71. The summed E-state index contributed by atoms with van der Waals surface area (Å²) in [5.74, 6) is -0.294. The van der Waals surface area contributed by atoms with Crippen LogP contribution in [0.25, 0.3) is 0 Å². The van der Waals surface area contributed by atoms with Crippen molar-refractivity contribution >= 4 is 17.8 Å². The van der Waals surface area contributed by atoms with Crippen molar-refractivity contribution in [2.24, 2.45) is 0 Å². The quantitative estimate of drug-likeness (QED) is 0.123. The highest BCUT2D eigenvalue weighted by molar-refractivity contribution is 5.96. The predicted octanol–water partition coefficient (Wildman–Crippen LogP) is 3.26. The third-order valence-electron chi connectivity index (χ3n) is 6.97. The van der Waals surface area contributed by atoms with Crippen LogP contribution in [0.5, 0.6) is 0 Å². The van der Waals surface area contributed by atoms with E-state index in [1.807, 2.05) is 12.3 Å². The minimum absolute atomic E-state index is 0.0717. The van der Waals surface area contributed by atoms with E-state index in [2.05, 4.69) is 32.9 Å². The van der Waals surface area contributed by atoms with Gasteiger partial charge >= 0.3 is 6.09 Å². The van der Waals surface area contributed by atoms with Gasteiger partial charge in [-0.2, -0.15) is 0 Å². The number of amides is 2. The highest BCUT2D eigenvalue weighted by Gasteiger charge is 2.23. The molecule has 1 aromatic rings. The number of hydrogen-bond donors (Lipinski definition) is 3. The van der Waals surface area contributed by atoms with Crippen molar-refractivity contribution < 1.29 is 33.3 Å². The van der Waals surface area contributed by atoms with E-state index in [1.54, 1.807) is 27.0 Å². The number of likely N-dealkylation sites (tertiary alicyclic amines) is 1. The molecule has 1 saturated heterocycles. The second-order valence-corrected chi connectivity index (χ2v) is 12.0. The lowest BCUT2D eigenvalue weighted by molar-refractivity contribution is -0.122. The lowest BCUT2D eigenvalue weighted by Gasteiger charge is -2.19. The molecular weight excluding hydrogens is 566 g/mol. The topological polar surface area (TPSA) is 140 Å². The molecule has 0 spiro atoms. The zero-order chi connectivity index (χ0) is 32.0. The summed E-state index contributed by atoms with van der Waals surface area (Å²) in [7, 11) is 2.13. The van der Waals surface area contributed by atoms with E-state index in [0.29, 0.717) is 57.6 Å². The number of carbonyl (C=O) groups excluding carboxylic acids is 3. The molecule has 44 heavy (non-hydrogen) atoms. The van der Waals surface area contributed by atoms with Crippen LogP contribution in [0.3, 0.4) is 0 Å². The summed E-state index contributed by atoms with van der Waals surface area (Å²) in [5.41, 5.74) is 1.22. The van der Waals surface area contributed by atoms with Gasteiger partial charge in [0.15, 0.2) is 5.78 Å². The first-order valence-electron chi connectivity index (χ1n) is 16.0. The monoisotopic (exact) mass is 621 g/mol. The molecule has 0 bridgehead atoms. The maximum Gasteiger partial charge on any atom is 0.414 e. The molecule has 12 heteroatoms. The van der Waals surface area contributed by atoms with Crippen molar-refractivity contribution in [3.8, 4) is 0 Å². The Morgan fingerprint density at radius 1 is 0.864 bits per heavy atom. The van der Waals surface area contributed by atoms with Gasteiger partial charge < -0.3 is 29.6 Å². The van der Waals surface area contributed by atoms with Crippen molar-refractivity contribution in [3.63, 3.8) is 0 Å². The fraction of sp³-hybridized carbons (Fsp3) is 0.750. The normalized spacial score (nSPS) is 15.4. The number of nitrogens with one attached hydrogen (secondary N) is 3. The molecule has 1 fully saturated rings. The number of nitrogens with zero attached hydrogens (tertiary/aromatic N) is 2. The highest BCUT2D eigenvalue weighted by Crippen LogP contribution is 2.30. The number of Topliss-reactive ketones (excluding diaryl/α,β-unsaturated/α-hetero) is 1. The first-order chi connectivity index (χ1) is 21.2. The molecule has 2 heterocycles. The van der Waals surface area contributed by atoms with Gasteiger partial charge in [-0.1, -0.05) is 0 Å². The summed E-state index contributed by atoms with van der Waals surface area (Å²) in [4.78, 5) is 42.4. The highest BCUT2D eigenvalue weighted by atomic mass is 16.6. The Labute approximate surface area is 263 Å². The smallest absolute Gasteiger partial charge is 0.414 e. The van der Waals surface area contributed by atoms with Gasteiger partial charge in [-0.3, -0.25) is 24.8 Å². The molecule has 1 aliphatic heterocycles. The Bertz CT molecular complexity index is 973. The van der Waals surface area contributed by atoms with Crippen molar-refractivity contribution in [3.05, 3.63) is 29.6 Å². The van der Waals surface area contributed by atoms with Crippen LogP contribution in [0, 0.1) is 0 Å². The molecule has 12 nitrogen and oxygen atoms in total. The Morgan fingerprint density at radius 3 is 2.16 bits per heavy atom. The van der Waals surface area contributed by atoms with Crippen LogP contribution in [0.4, 0.5) is 4.79 Å². The van der Waals surface area contributed by atoms with Gasteiger partial charge in [0.2, 0.25) is 5.91 Å². The number of rotatable bonds is 23. The number of ether oxygens (including phenoxy) is 4. The van der Waals surface area contributed by atoms with Gasteiger partial charge in [-0.05, 0) is 97.7 Å². The molecule has 250 valence electrons. The fourth-order valence-electron chi connectivity index (χ4n) is 4.71. The largest absolute Gasteiger partial charge is 0.444 e. The van der Waals surface area contributed by atoms with Gasteiger partial charge in [0.05, 0.1) is 39.5 Å². The number of alkyl carbamates (subject to hydrolysis) is 1. The standard InChI is InChI=1S/C32H55N5O7/c1-32(2,3)44-31(40)36-30(39)11-18-42-20-22-43-21-19-41-17-8-14-33-12-5-6-13-34-15-10-29(38)27-23-26(24-35-25-27)28-9-7-16-37(28)4/h23-25,28,33-34H,5-22H2,1-4H3,(H,36,39,40)/t28-/m0/s1. The maximum absolute atomic E-state index is 12.6. The van der Waals surface area contributed by atoms with Crippen molar-refractivity contribution in [1.29, 1.82) is 0 Å². The van der Waals surface area contributed by atoms with Crippen molar-refractivity contribution in [2.45, 2.75) is 77.4 Å². The number of carbonyl (C=O) groups is 3. The predicted molar refractivity (Wildman–Crippen MR) is 169 cm³/mol. The van der Waals surface area contributed by atoms with Crippen molar-refractivity contribution in [2.75, 3.05) is 79.4 Å². The zero-order valence-corrected chi connectivity index (χ0v) is 27.3. The molecule has 0 aromatic carbocycles. The first-order valence-corrected chi connectivity index (χ1v) is 16.0. The van der Waals surface area contributed by atoms with Crippen LogP contribution in [0.1, 0.15) is 87.7 Å². The van der Waals surface area contributed by atoms with Gasteiger partial charge in [0.25, 0.3) is 0 Å². The third kappa shape index (κ3) is 17.7. The second kappa shape index (κ2) is 22.1. The molecule has 0 saturated carbocycles. The summed E-state index contributed by atoms with van der Waals surface area (Å²) >= 11 is 0. The number of hydrogen-bond acceptors (Lipinski definition) is 11. The first kappa shape index (κ1) is 37.7. The van der Waals surface area contributed by atoms with Gasteiger partial charge in [-0.15, -0.1) is 0 Å². The Hall–Kier alpha value is -2.48. The molecule has 1 atom stereocenters. The molecule has 3 N–H and O–H groups in total. The Balaban J connectivity index is 1.30. The molecule has 1 aliphatic rings. The summed E-state index contributed by atoms with van der Waals surface area (Å²) in [6, 6.07) is 2.40. The molecular formula is C32H55N5O7. The van der Waals surface area contributed by atoms with E-state index in [4.69, 9.17) is 18.9 Å². The minimum Gasteiger partial charge on any atom is -0.444 e. The van der Waals surface area contributed by atoms with Crippen LogP contribution in [0.15, 0.2) is 18.5 Å². The lowest BCUT2D eigenvalue weighted by atomic mass is 10.0. The Kier molecular flexibility index (Phi) is 18.9. The van der Waals surface area contributed by atoms with E-state index in [9.17, 15) is 14.4 Å². The number of imide groups is 1. The summed E-state index contributed by atoms with van der Waals surface area (Å²) in [5, 5.41) is 8.98. The Morgan fingerprint density at radius 2 is 1.50 bits per heavy atom. The number of unbranched alkanes of at least 4 members (excludes halogenated alkanes) is 1. The van der Waals surface area contributed by atoms with Crippen LogP contribution in [-0.4, -0.2) is 113 Å². The van der Waals surface area contributed by atoms with Crippen LogP contribution in [0.2, 0.25) is 0 Å². The number of aromatic nitrogens is 1. The molecule has 2 rings (SSSR count). The SMILES string of the molecule is CN1CCC[C@H]1c1cncc(C(=O)CCNCCCCNCCCOCCOCCOCCC(=O)NC(=O)OC(C)(C)C)c1. The summed E-state index contributed by atoms with van der Waals surface area (Å²) in [6.07, 6.45) is 8.77. The summed E-state index contributed by atoms with van der Waals surface area (Å²) < 4.78 is 21.4. The maximum atomic E-state index is 12.6. The van der Waals surface area contributed by atoms with E-state index >= 15 is 0 Å². The van der Waals surface area contributed by atoms with Gasteiger partial charge in [0, 0.05) is 43.6 Å². The zero-order valence-electron chi connectivity index (χ0n) is 27.3. The van der Waals surface area contributed by atoms with Gasteiger partial charge in [-0.25, -0.2) is 4.79 Å². The molecule has 2 amide bonds. The molecule has 1 aromatic heterocycles. The van der Waals surface area contributed by atoms with Crippen molar-refractivity contribution in [1.82, 2.24) is 25.8 Å². The average molecular weight is 622 g/mol. The molecule has 0 aliphatic carbocycles. The van der Waals surface area contributed by atoms with E-state index in [-0.39, 0.29) is 18.8 Å². The molecule has 0 unspecified atom stereocenters. The van der Waals surface area contributed by atoms with E-state index < -0.39 is 17.6 Å². The van der Waals surface area contributed by atoms with Crippen LogP contribution in [-0.2, 0) is 23.7 Å². The number of pyridine rings is 1. The van der Waals surface area contributed by atoms with Crippen LogP contribution < -0.4 is 16.0 Å². The molecule has 0 radical (unpaired) electrons. The van der Waals surface area contributed by atoms with Crippen LogP contribution >= 0.6 is 0 Å². The van der Waals surface area contributed by atoms with E-state index in [0.717, 1.165) is 57.4 Å². The second-order valence-electron chi connectivity index (χ2n) is 12.0. The number of ketones is 1. The van der Waals surface area contributed by atoms with E-state index in [1.165, 1.54) is 6.42 Å². The van der Waals surface area contributed by atoms with Gasteiger partial charge in [0.1, 0.15) is 5.60 Å². The summed E-state index contributed by atoms with van der Waals surface area (Å²) in [6.45, 7) is 12.4. The lowest BCUT2D eigenvalue weighted by Crippen LogP contribution is -2.36.